The van der Waals surface area contributed by atoms with E-state index in [1.54, 1.807) is 48.5 Å². The molecule has 4 heteroatoms. The Morgan fingerprint density at radius 2 is 1.50 bits per heavy atom. The summed E-state index contributed by atoms with van der Waals surface area (Å²) in [5, 5.41) is 0. The number of carbonyl (C=O) groups is 2. The molecule has 0 atom stereocenters. The van der Waals surface area contributed by atoms with Crippen LogP contribution in [0.3, 0.4) is 0 Å². The van der Waals surface area contributed by atoms with Gasteiger partial charge in [0.2, 0.25) is 0 Å². The van der Waals surface area contributed by atoms with E-state index in [1.165, 1.54) is 14.0 Å². The molecule has 2 rings (SSSR count). The van der Waals surface area contributed by atoms with E-state index >= 15 is 0 Å². The molecule has 0 radical (unpaired) electrons. The lowest BCUT2D eigenvalue weighted by Crippen LogP contribution is -2.09. The van der Waals surface area contributed by atoms with E-state index in [0.717, 1.165) is 0 Å². The number of hydrogen-bond donors (Lipinski definition) is 0. The van der Waals surface area contributed by atoms with Gasteiger partial charge in [-0.1, -0.05) is 18.2 Å². The SMILES string of the molecule is COc1cccc(C(=O)Oc2cccc(C(C)=O)c2)c1. The van der Waals surface area contributed by atoms with Crippen LogP contribution in [0.15, 0.2) is 48.5 Å². The van der Waals surface area contributed by atoms with Gasteiger partial charge >= 0.3 is 5.97 Å². The summed E-state index contributed by atoms with van der Waals surface area (Å²) in [6, 6.07) is 13.2. The fourth-order valence-corrected chi connectivity index (χ4v) is 1.69. The van der Waals surface area contributed by atoms with Gasteiger partial charge in [0.25, 0.3) is 0 Å². The van der Waals surface area contributed by atoms with E-state index in [0.29, 0.717) is 22.6 Å². The van der Waals surface area contributed by atoms with Crippen molar-refractivity contribution in [1.29, 1.82) is 0 Å². The summed E-state index contributed by atoms with van der Waals surface area (Å²) in [4.78, 5) is 23.3. The first-order valence-corrected chi connectivity index (χ1v) is 6.07. The molecule has 0 saturated carbocycles. The quantitative estimate of drug-likeness (QED) is 0.486. The van der Waals surface area contributed by atoms with Crippen LogP contribution in [0, 0.1) is 0 Å². The van der Waals surface area contributed by atoms with Gasteiger partial charge < -0.3 is 9.47 Å². The second-order valence-electron chi connectivity index (χ2n) is 4.21. The van der Waals surface area contributed by atoms with Crippen molar-refractivity contribution in [3.8, 4) is 11.5 Å². The molecule has 0 N–H and O–H groups in total. The normalized spacial score (nSPS) is 9.90. The smallest absolute Gasteiger partial charge is 0.343 e. The lowest BCUT2D eigenvalue weighted by Gasteiger charge is -2.06. The van der Waals surface area contributed by atoms with Gasteiger partial charge in [-0.05, 0) is 37.3 Å². The maximum absolute atomic E-state index is 12.0. The minimum absolute atomic E-state index is 0.0794. The van der Waals surface area contributed by atoms with E-state index < -0.39 is 5.97 Å². The predicted molar refractivity (Wildman–Crippen MR) is 74.4 cm³/mol. The largest absolute Gasteiger partial charge is 0.497 e. The molecule has 4 nitrogen and oxygen atoms in total. The van der Waals surface area contributed by atoms with Crippen LogP contribution in [-0.2, 0) is 0 Å². The Morgan fingerprint density at radius 3 is 2.15 bits per heavy atom. The molecule has 0 fully saturated rings. The maximum atomic E-state index is 12.0. The van der Waals surface area contributed by atoms with E-state index in [-0.39, 0.29) is 5.78 Å². The van der Waals surface area contributed by atoms with Crippen molar-refractivity contribution in [3.05, 3.63) is 59.7 Å². The number of methoxy groups -OCH3 is 1. The number of benzene rings is 2. The molecular formula is C16H14O4. The summed E-state index contributed by atoms with van der Waals surface area (Å²) in [7, 11) is 1.53. The second-order valence-corrected chi connectivity index (χ2v) is 4.21. The van der Waals surface area contributed by atoms with Gasteiger partial charge in [-0.25, -0.2) is 4.79 Å². The Labute approximate surface area is 116 Å². The minimum atomic E-state index is -0.496. The summed E-state index contributed by atoms with van der Waals surface area (Å²) in [6.45, 7) is 1.46. The molecule has 0 bridgehead atoms. The van der Waals surface area contributed by atoms with Crippen LogP contribution in [0.1, 0.15) is 27.6 Å². The molecule has 20 heavy (non-hydrogen) atoms. The number of Topliss-reactive ketones (excluding diaryl/α,β-unsaturated/α-hetero) is 1. The van der Waals surface area contributed by atoms with Crippen molar-refractivity contribution in [3.63, 3.8) is 0 Å². The predicted octanol–water partition coefficient (Wildman–Crippen LogP) is 3.12. The Kier molecular flexibility index (Phi) is 4.15. The number of esters is 1. The molecule has 0 amide bonds. The fourth-order valence-electron chi connectivity index (χ4n) is 1.69. The molecule has 102 valence electrons. The monoisotopic (exact) mass is 270 g/mol. The zero-order chi connectivity index (χ0) is 14.5. The Hall–Kier alpha value is -2.62. The molecule has 0 aliphatic heterocycles. The highest BCUT2D eigenvalue weighted by Crippen LogP contribution is 2.18. The van der Waals surface area contributed by atoms with Crippen molar-refractivity contribution < 1.29 is 19.1 Å². The third-order valence-corrected chi connectivity index (χ3v) is 2.76. The average molecular weight is 270 g/mol. The van der Waals surface area contributed by atoms with E-state index in [2.05, 4.69) is 0 Å². The number of carbonyl (C=O) groups excluding carboxylic acids is 2. The summed E-state index contributed by atoms with van der Waals surface area (Å²) in [5.41, 5.74) is 0.888. The van der Waals surface area contributed by atoms with Crippen LogP contribution >= 0.6 is 0 Å². The van der Waals surface area contributed by atoms with Crippen molar-refractivity contribution in [2.75, 3.05) is 7.11 Å². The molecule has 2 aromatic rings. The van der Waals surface area contributed by atoms with Crippen LogP contribution < -0.4 is 9.47 Å². The summed E-state index contributed by atoms with van der Waals surface area (Å²) < 4.78 is 10.3. The van der Waals surface area contributed by atoms with Gasteiger partial charge in [-0.3, -0.25) is 4.79 Å². The number of rotatable bonds is 4. The van der Waals surface area contributed by atoms with Crippen molar-refractivity contribution >= 4 is 11.8 Å². The van der Waals surface area contributed by atoms with Gasteiger partial charge in [0, 0.05) is 5.56 Å². The summed E-state index contributed by atoms with van der Waals surface area (Å²) >= 11 is 0. The Morgan fingerprint density at radius 1 is 0.900 bits per heavy atom. The van der Waals surface area contributed by atoms with Gasteiger partial charge in [0.05, 0.1) is 12.7 Å². The summed E-state index contributed by atoms with van der Waals surface area (Å²) in [5.74, 6) is 0.344. The highest BCUT2D eigenvalue weighted by atomic mass is 16.5. The highest BCUT2D eigenvalue weighted by molar-refractivity contribution is 5.95. The van der Waals surface area contributed by atoms with Crippen LogP contribution in [0.2, 0.25) is 0 Å². The first-order chi connectivity index (χ1) is 9.60. The van der Waals surface area contributed by atoms with E-state index in [4.69, 9.17) is 9.47 Å². The maximum Gasteiger partial charge on any atom is 0.343 e. The highest BCUT2D eigenvalue weighted by Gasteiger charge is 2.10. The number of ketones is 1. The van der Waals surface area contributed by atoms with Gasteiger partial charge in [-0.15, -0.1) is 0 Å². The van der Waals surface area contributed by atoms with Crippen LogP contribution in [0.25, 0.3) is 0 Å². The summed E-state index contributed by atoms with van der Waals surface area (Å²) in [6.07, 6.45) is 0. The number of hydrogen-bond acceptors (Lipinski definition) is 4. The van der Waals surface area contributed by atoms with Gasteiger partial charge in [0.1, 0.15) is 11.5 Å². The average Bonchev–Trinajstić information content (AvgIpc) is 2.47. The molecule has 0 aliphatic rings. The van der Waals surface area contributed by atoms with Crippen LogP contribution in [-0.4, -0.2) is 18.9 Å². The van der Waals surface area contributed by atoms with Gasteiger partial charge in [0.15, 0.2) is 5.78 Å². The topological polar surface area (TPSA) is 52.6 Å². The lowest BCUT2D eigenvalue weighted by molar-refractivity contribution is 0.0733. The number of ether oxygens (including phenoxy) is 2. The zero-order valence-corrected chi connectivity index (χ0v) is 11.3. The standard InChI is InChI=1S/C16H14O4/c1-11(17)12-5-3-8-15(9-12)20-16(18)13-6-4-7-14(10-13)19-2/h3-10H,1-2H3. The third kappa shape index (κ3) is 3.23. The van der Waals surface area contributed by atoms with E-state index in [9.17, 15) is 9.59 Å². The van der Waals surface area contributed by atoms with Crippen molar-refractivity contribution in [2.45, 2.75) is 6.92 Å². The third-order valence-electron chi connectivity index (χ3n) is 2.76. The molecule has 0 saturated heterocycles. The zero-order valence-electron chi connectivity index (χ0n) is 11.3. The van der Waals surface area contributed by atoms with Crippen molar-refractivity contribution in [2.24, 2.45) is 0 Å². The molecule has 0 heterocycles. The Bertz CT molecular complexity index is 646. The molecule has 0 aromatic heterocycles. The second kappa shape index (κ2) is 6.02. The van der Waals surface area contributed by atoms with Gasteiger partial charge in [-0.2, -0.15) is 0 Å². The van der Waals surface area contributed by atoms with Crippen molar-refractivity contribution in [1.82, 2.24) is 0 Å². The molecule has 0 spiro atoms. The first-order valence-electron chi connectivity index (χ1n) is 6.07. The molecule has 0 unspecified atom stereocenters. The first kappa shape index (κ1) is 13.8. The lowest BCUT2D eigenvalue weighted by atomic mass is 10.1. The molecular weight excluding hydrogens is 256 g/mol. The van der Waals surface area contributed by atoms with Crippen LogP contribution in [0.4, 0.5) is 0 Å². The minimum Gasteiger partial charge on any atom is -0.497 e. The Balaban J connectivity index is 2.18. The fraction of sp³-hybridized carbons (Fsp3) is 0.125. The van der Waals surface area contributed by atoms with Crippen LogP contribution in [0.5, 0.6) is 11.5 Å². The molecule has 0 aliphatic carbocycles. The van der Waals surface area contributed by atoms with E-state index in [1.807, 2.05) is 0 Å². The molecule has 2 aromatic carbocycles.